The van der Waals surface area contributed by atoms with Crippen molar-refractivity contribution in [3.63, 3.8) is 0 Å². The average Bonchev–Trinajstić information content (AvgIpc) is 1.91. The second kappa shape index (κ2) is 11.1. The SMILES string of the molecule is CCNCC.COC(=O)O. The van der Waals surface area contributed by atoms with Crippen molar-refractivity contribution in [1.82, 2.24) is 5.32 Å². The summed E-state index contributed by atoms with van der Waals surface area (Å²) in [6.45, 7) is 6.39. The van der Waals surface area contributed by atoms with Crippen LogP contribution < -0.4 is 5.32 Å². The quantitative estimate of drug-likeness (QED) is 0.573. The Morgan fingerprint density at radius 1 is 1.50 bits per heavy atom. The molecule has 0 aliphatic rings. The summed E-state index contributed by atoms with van der Waals surface area (Å²) in [6.07, 6.45) is -1.25. The Morgan fingerprint density at radius 3 is 1.80 bits per heavy atom. The van der Waals surface area contributed by atoms with E-state index in [-0.39, 0.29) is 0 Å². The fraction of sp³-hybridized carbons (Fsp3) is 0.833. The van der Waals surface area contributed by atoms with Gasteiger partial charge < -0.3 is 15.2 Å². The number of nitrogens with one attached hydrogen (secondary N) is 1. The van der Waals surface area contributed by atoms with Crippen LogP contribution in [0.2, 0.25) is 0 Å². The largest absolute Gasteiger partial charge is 0.505 e. The lowest BCUT2D eigenvalue weighted by atomic mass is 10.7. The standard InChI is InChI=1S/C4H11N.C2H4O3/c1-3-5-4-2;1-5-2(3)4/h5H,3-4H2,1-2H3;1H3,(H,3,4). The molecule has 0 unspecified atom stereocenters. The van der Waals surface area contributed by atoms with Gasteiger partial charge in [0, 0.05) is 0 Å². The van der Waals surface area contributed by atoms with Gasteiger partial charge in [-0.15, -0.1) is 0 Å². The average molecular weight is 149 g/mol. The Balaban J connectivity index is 0. The second-order valence-corrected chi connectivity index (χ2v) is 1.43. The van der Waals surface area contributed by atoms with E-state index in [9.17, 15) is 0 Å². The smallest absolute Gasteiger partial charge is 0.450 e. The molecule has 0 saturated heterocycles. The number of rotatable bonds is 2. The fourth-order valence-electron chi connectivity index (χ4n) is 0.250. The van der Waals surface area contributed by atoms with Gasteiger partial charge in [-0.25, -0.2) is 4.79 Å². The first kappa shape index (κ1) is 12.0. The van der Waals surface area contributed by atoms with Gasteiger partial charge >= 0.3 is 6.16 Å². The van der Waals surface area contributed by atoms with E-state index in [0.29, 0.717) is 0 Å². The van der Waals surface area contributed by atoms with Crippen LogP contribution in [-0.4, -0.2) is 31.5 Å². The van der Waals surface area contributed by atoms with Gasteiger partial charge in [0.15, 0.2) is 0 Å². The second-order valence-electron chi connectivity index (χ2n) is 1.43. The zero-order valence-corrected chi connectivity index (χ0v) is 6.68. The Hall–Kier alpha value is -0.770. The Kier molecular flexibility index (Phi) is 13.3. The monoisotopic (exact) mass is 149 g/mol. The summed E-state index contributed by atoms with van der Waals surface area (Å²) in [5.74, 6) is 0. The summed E-state index contributed by atoms with van der Waals surface area (Å²) < 4.78 is 3.67. The van der Waals surface area contributed by atoms with Crippen molar-refractivity contribution in [1.29, 1.82) is 0 Å². The zero-order chi connectivity index (χ0) is 8.41. The topological polar surface area (TPSA) is 58.6 Å². The van der Waals surface area contributed by atoms with E-state index >= 15 is 0 Å². The predicted octanol–water partition coefficient (Wildman–Crippen LogP) is 0.927. The van der Waals surface area contributed by atoms with Crippen molar-refractivity contribution < 1.29 is 14.6 Å². The van der Waals surface area contributed by atoms with Crippen LogP contribution >= 0.6 is 0 Å². The number of hydrogen-bond donors (Lipinski definition) is 2. The van der Waals surface area contributed by atoms with E-state index in [2.05, 4.69) is 23.9 Å². The lowest BCUT2D eigenvalue weighted by Crippen LogP contribution is -2.09. The molecule has 0 atom stereocenters. The number of carboxylic acid groups (broad SMARTS) is 1. The summed E-state index contributed by atoms with van der Waals surface area (Å²) in [5.41, 5.74) is 0. The van der Waals surface area contributed by atoms with E-state index in [1.807, 2.05) is 0 Å². The molecule has 0 fully saturated rings. The minimum atomic E-state index is -1.25. The molecule has 62 valence electrons. The molecule has 0 saturated carbocycles. The zero-order valence-electron chi connectivity index (χ0n) is 6.68. The fourth-order valence-corrected chi connectivity index (χ4v) is 0.250. The maximum atomic E-state index is 9.15. The van der Waals surface area contributed by atoms with Crippen LogP contribution in [0, 0.1) is 0 Å². The van der Waals surface area contributed by atoms with Gasteiger partial charge in [-0.1, -0.05) is 13.8 Å². The number of ether oxygens (including phenoxy) is 1. The van der Waals surface area contributed by atoms with Gasteiger partial charge in [0.25, 0.3) is 0 Å². The van der Waals surface area contributed by atoms with Gasteiger partial charge in [-0.2, -0.15) is 0 Å². The normalized spacial score (nSPS) is 7.50. The molecular formula is C6H15NO3. The Morgan fingerprint density at radius 2 is 1.80 bits per heavy atom. The summed E-state index contributed by atoms with van der Waals surface area (Å²) in [4.78, 5) is 9.15. The lowest BCUT2D eigenvalue weighted by molar-refractivity contribution is 0.114. The number of methoxy groups -OCH3 is 1. The Bertz CT molecular complexity index is 73.4. The molecule has 0 aromatic heterocycles. The summed E-state index contributed by atoms with van der Waals surface area (Å²) in [5, 5.41) is 10.6. The molecule has 0 radical (unpaired) electrons. The highest BCUT2D eigenvalue weighted by Crippen LogP contribution is 1.60. The third-order valence-electron chi connectivity index (χ3n) is 0.675. The van der Waals surface area contributed by atoms with Gasteiger partial charge in [0.1, 0.15) is 0 Å². The summed E-state index contributed by atoms with van der Waals surface area (Å²) in [7, 11) is 1.10. The van der Waals surface area contributed by atoms with Crippen molar-refractivity contribution in [2.75, 3.05) is 20.2 Å². The van der Waals surface area contributed by atoms with Crippen molar-refractivity contribution >= 4 is 6.16 Å². The maximum absolute atomic E-state index is 9.15. The maximum Gasteiger partial charge on any atom is 0.505 e. The Labute approximate surface area is 61.2 Å². The number of carbonyl (C=O) groups is 1. The molecule has 10 heavy (non-hydrogen) atoms. The molecule has 0 bridgehead atoms. The third kappa shape index (κ3) is 26.9. The van der Waals surface area contributed by atoms with E-state index in [4.69, 9.17) is 9.90 Å². The van der Waals surface area contributed by atoms with Gasteiger partial charge in [0.05, 0.1) is 7.11 Å². The summed E-state index contributed by atoms with van der Waals surface area (Å²) in [6, 6.07) is 0. The molecule has 2 N–H and O–H groups in total. The predicted molar refractivity (Wildman–Crippen MR) is 39.3 cm³/mol. The lowest BCUT2D eigenvalue weighted by Gasteiger charge is -1.86. The van der Waals surface area contributed by atoms with Crippen LogP contribution in [0.1, 0.15) is 13.8 Å². The first-order valence-corrected chi connectivity index (χ1v) is 3.16. The highest BCUT2D eigenvalue weighted by Gasteiger charge is 1.80. The summed E-state index contributed by atoms with van der Waals surface area (Å²) >= 11 is 0. The first-order chi connectivity index (χ1) is 4.68. The molecule has 0 aromatic rings. The molecular weight excluding hydrogens is 134 g/mol. The van der Waals surface area contributed by atoms with E-state index in [1.165, 1.54) is 0 Å². The molecule has 4 nitrogen and oxygen atoms in total. The van der Waals surface area contributed by atoms with E-state index in [0.717, 1.165) is 20.2 Å². The van der Waals surface area contributed by atoms with Gasteiger partial charge in [-0.3, -0.25) is 0 Å². The molecule has 0 amide bonds. The number of hydrogen-bond acceptors (Lipinski definition) is 3. The van der Waals surface area contributed by atoms with Crippen LogP contribution in [0.25, 0.3) is 0 Å². The van der Waals surface area contributed by atoms with E-state index in [1.54, 1.807) is 0 Å². The highest BCUT2D eigenvalue weighted by molar-refractivity contribution is 5.56. The highest BCUT2D eigenvalue weighted by atomic mass is 16.6. The van der Waals surface area contributed by atoms with Crippen molar-refractivity contribution in [3.05, 3.63) is 0 Å². The molecule has 0 heterocycles. The minimum absolute atomic E-state index is 1.09. The van der Waals surface area contributed by atoms with Crippen molar-refractivity contribution in [2.24, 2.45) is 0 Å². The minimum Gasteiger partial charge on any atom is -0.450 e. The molecule has 0 aliphatic carbocycles. The van der Waals surface area contributed by atoms with Crippen LogP contribution in [0.3, 0.4) is 0 Å². The van der Waals surface area contributed by atoms with Gasteiger partial charge in [0.2, 0.25) is 0 Å². The molecule has 0 rings (SSSR count). The third-order valence-corrected chi connectivity index (χ3v) is 0.675. The molecule has 0 aromatic carbocycles. The van der Waals surface area contributed by atoms with Crippen LogP contribution in [0.15, 0.2) is 0 Å². The van der Waals surface area contributed by atoms with Crippen molar-refractivity contribution in [2.45, 2.75) is 13.8 Å². The first-order valence-electron chi connectivity index (χ1n) is 3.16. The van der Waals surface area contributed by atoms with Crippen LogP contribution in [-0.2, 0) is 4.74 Å². The van der Waals surface area contributed by atoms with Crippen molar-refractivity contribution in [3.8, 4) is 0 Å². The van der Waals surface area contributed by atoms with Gasteiger partial charge in [-0.05, 0) is 13.1 Å². The van der Waals surface area contributed by atoms with E-state index < -0.39 is 6.16 Å². The molecule has 0 aliphatic heterocycles. The van der Waals surface area contributed by atoms with Crippen LogP contribution in [0.4, 0.5) is 4.79 Å². The molecule has 4 heteroatoms. The molecule has 0 spiro atoms. The van der Waals surface area contributed by atoms with Crippen LogP contribution in [0.5, 0.6) is 0 Å².